The smallest absolute Gasteiger partial charge is 0.306 e. The second-order valence-electron chi connectivity index (χ2n) is 4.06. The molecule has 1 aromatic carbocycles. The van der Waals surface area contributed by atoms with E-state index in [1.807, 2.05) is 18.2 Å². The number of carbonyl (C=O) groups excluding carboxylic acids is 1. The van der Waals surface area contributed by atoms with Crippen molar-refractivity contribution in [2.45, 2.75) is 17.9 Å². The Labute approximate surface area is 129 Å². The van der Waals surface area contributed by atoms with Crippen LogP contribution in [0.4, 0.5) is 0 Å². The molecule has 0 atom stereocenters. The van der Waals surface area contributed by atoms with Gasteiger partial charge in [0.1, 0.15) is 0 Å². The molecule has 0 amide bonds. The van der Waals surface area contributed by atoms with Crippen molar-refractivity contribution in [3.8, 4) is 0 Å². The van der Waals surface area contributed by atoms with Gasteiger partial charge in [-0.05, 0) is 17.7 Å². The maximum atomic E-state index is 11.1. The number of hydrogen-bond donors (Lipinski definition) is 1. The molecule has 0 radical (unpaired) electrons. The number of thioether (sulfide) groups is 1. The predicted octanol–water partition coefficient (Wildman–Crippen LogP) is 2.73. The first-order valence-electron chi connectivity index (χ1n) is 6.35. The van der Waals surface area contributed by atoms with Gasteiger partial charge < -0.3 is 14.8 Å². The van der Waals surface area contributed by atoms with Gasteiger partial charge in [-0.1, -0.05) is 17.7 Å². The number of hydrogen-bond acceptors (Lipinski definition) is 5. The molecular formula is C14H20ClNO3S. The quantitative estimate of drug-likeness (QED) is 0.431. The third-order valence-corrected chi connectivity index (χ3v) is 4.11. The van der Waals surface area contributed by atoms with Crippen LogP contribution in [0.1, 0.15) is 12.0 Å². The molecule has 0 aliphatic heterocycles. The van der Waals surface area contributed by atoms with Crippen LogP contribution in [-0.4, -0.2) is 39.1 Å². The van der Waals surface area contributed by atoms with Crippen molar-refractivity contribution in [1.82, 2.24) is 5.32 Å². The van der Waals surface area contributed by atoms with Crippen LogP contribution in [0.2, 0.25) is 5.02 Å². The highest BCUT2D eigenvalue weighted by Gasteiger charge is 2.08. The van der Waals surface area contributed by atoms with E-state index < -0.39 is 0 Å². The zero-order valence-corrected chi connectivity index (χ0v) is 13.4. The molecule has 4 nitrogen and oxygen atoms in total. The SMILES string of the molecule is COCCNCc1c(Cl)cccc1SCCC(=O)OC. The first-order chi connectivity index (χ1) is 9.69. The molecule has 0 saturated heterocycles. The summed E-state index contributed by atoms with van der Waals surface area (Å²) in [4.78, 5) is 12.2. The standard InChI is InChI=1S/C14H20ClNO3S/c1-18-8-7-16-10-11-12(15)4-3-5-13(11)20-9-6-14(17)19-2/h3-5,16H,6-10H2,1-2H3. The van der Waals surface area contributed by atoms with Crippen LogP contribution in [0, 0.1) is 0 Å². The van der Waals surface area contributed by atoms with E-state index in [1.165, 1.54) is 7.11 Å². The summed E-state index contributed by atoms with van der Waals surface area (Å²) >= 11 is 7.85. The number of ether oxygens (including phenoxy) is 2. The third kappa shape index (κ3) is 6.13. The Kier molecular flexibility index (Phi) is 8.69. The van der Waals surface area contributed by atoms with Gasteiger partial charge >= 0.3 is 5.97 Å². The maximum Gasteiger partial charge on any atom is 0.306 e. The highest BCUT2D eigenvalue weighted by Crippen LogP contribution is 2.28. The molecule has 112 valence electrons. The van der Waals surface area contributed by atoms with Gasteiger partial charge in [-0.2, -0.15) is 0 Å². The Morgan fingerprint density at radius 1 is 1.40 bits per heavy atom. The molecule has 0 unspecified atom stereocenters. The second-order valence-corrected chi connectivity index (χ2v) is 5.60. The number of methoxy groups -OCH3 is 2. The average Bonchev–Trinajstić information content (AvgIpc) is 2.45. The lowest BCUT2D eigenvalue weighted by atomic mass is 10.2. The molecule has 0 heterocycles. The van der Waals surface area contributed by atoms with E-state index in [4.69, 9.17) is 16.3 Å². The van der Waals surface area contributed by atoms with Gasteiger partial charge in [0, 0.05) is 35.9 Å². The molecular weight excluding hydrogens is 298 g/mol. The van der Waals surface area contributed by atoms with Crippen molar-refractivity contribution in [1.29, 1.82) is 0 Å². The Hall–Kier alpha value is -0.750. The van der Waals surface area contributed by atoms with Gasteiger partial charge in [0.25, 0.3) is 0 Å². The number of benzene rings is 1. The largest absolute Gasteiger partial charge is 0.469 e. The zero-order valence-electron chi connectivity index (χ0n) is 11.8. The lowest BCUT2D eigenvalue weighted by Crippen LogP contribution is -2.19. The van der Waals surface area contributed by atoms with Crippen molar-refractivity contribution in [3.63, 3.8) is 0 Å². The highest BCUT2D eigenvalue weighted by atomic mass is 35.5. The fourth-order valence-electron chi connectivity index (χ4n) is 1.58. The van der Waals surface area contributed by atoms with E-state index in [9.17, 15) is 4.79 Å². The minimum Gasteiger partial charge on any atom is -0.469 e. The molecule has 6 heteroatoms. The topological polar surface area (TPSA) is 47.6 Å². The predicted molar refractivity (Wildman–Crippen MR) is 82.4 cm³/mol. The first-order valence-corrected chi connectivity index (χ1v) is 7.72. The molecule has 0 fully saturated rings. The molecule has 1 N–H and O–H groups in total. The lowest BCUT2D eigenvalue weighted by Gasteiger charge is -2.12. The van der Waals surface area contributed by atoms with Crippen LogP contribution in [0.25, 0.3) is 0 Å². The van der Waals surface area contributed by atoms with Gasteiger partial charge in [-0.3, -0.25) is 4.79 Å². The zero-order chi connectivity index (χ0) is 14.8. The Balaban J connectivity index is 2.55. The summed E-state index contributed by atoms with van der Waals surface area (Å²) in [5.74, 6) is 0.484. The average molecular weight is 318 g/mol. The normalized spacial score (nSPS) is 10.6. The van der Waals surface area contributed by atoms with E-state index in [0.717, 1.165) is 22.0 Å². The van der Waals surface area contributed by atoms with Gasteiger partial charge in [0.05, 0.1) is 20.1 Å². The second kappa shape index (κ2) is 10.0. The van der Waals surface area contributed by atoms with Gasteiger partial charge in [-0.15, -0.1) is 11.8 Å². The van der Waals surface area contributed by atoms with Crippen LogP contribution in [0.5, 0.6) is 0 Å². The Morgan fingerprint density at radius 2 is 2.20 bits per heavy atom. The molecule has 0 aromatic heterocycles. The van der Waals surface area contributed by atoms with Crippen LogP contribution >= 0.6 is 23.4 Å². The van der Waals surface area contributed by atoms with Crippen LogP contribution in [0.15, 0.2) is 23.1 Å². The van der Waals surface area contributed by atoms with E-state index in [2.05, 4.69) is 10.1 Å². The fourth-order valence-corrected chi connectivity index (χ4v) is 2.90. The minimum atomic E-state index is -0.195. The van der Waals surface area contributed by atoms with Crippen LogP contribution in [-0.2, 0) is 20.8 Å². The number of halogens is 1. The van der Waals surface area contributed by atoms with Crippen LogP contribution < -0.4 is 5.32 Å². The maximum absolute atomic E-state index is 11.1. The number of esters is 1. The minimum absolute atomic E-state index is 0.195. The van der Waals surface area contributed by atoms with E-state index in [-0.39, 0.29) is 5.97 Å². The summed E-state index contributed by atoms with van der Waals surface area (Å²) in [5, 5.41) is 4.01. The molecule has 20 heavy (non-hydrogen) atoms. The molecule has 0 aliphatic rings. The van der Waals surface area contributed by atoms with Gasteiger partial charge in [-0.25, -0.2) is 0 Å². The Bertz CT molecular complexity index is 429. The molecule has 1 rings (SSSR count). The summed E-state index contributed by atoms with van der Waals surface area (Å²) in [7, 11) is 3.07. The number of rotatable bonds is 9. The molecule has 1 aromatic rings. The van der Waals surface area contributed by atoms with Crippen molar-refractivity contribution in [2.24, 2.45) is 0 Å². The van der Waals surface area contributed by atoms with E-state index in [1.54, 1.807) is 18.9 Å². The summed E-state index contributed by atoms with van der Waals surface area (Å²) in [6.07, 6.45) is 0.393. The molecule has 0 saturated carbocycles. The fraction of sp³-hybridized carbons (Fsp3) is 0.500. The molecule has 0 aliphatic carbocycles. The van der Waals surface area contributed by atoms with Gasteiger partial charge in [0.15, 0.2) is 0 Å². The van der Waals surface area contributed by atoms with Crippen molar-refractivity contribution >= 4 is 29.3 Å². The van der Waals surface area contributed by atoms with Gasteiger partial charge in [0.2, 0.25) is 0 Å². The van der Waals surface area contributed by atoms with E-state index >= 15 is 0 Å². The number of carbonyl (C=O) groups is 1. The summed E-state index contributed by atoms with van der Waals surface area (Å²) in [6.45, 7) is 2.12. The first kappa shape index (κ1) is 17.3. The van der Waals surface area contributed by atoms with Crippen molar-refractivity contribution < 1.29 is 14.3 Å². The van der Waals surface area contributed by atoms with Crippen molar-refractivity contribution in [2.75, 3.05) is 33.1 Å². The Morgan fingerprint density at radius 3 is 2.90 bits per heavy atom. The summed E-state index contributed by atoms with van der Waals surface area (Å²) < 4.78 is 9.62. The summed E-state index contributed by atoms with van der Waals surface area (Å²) in [5.41, 5.74) is 1.06. The molecule has 0 spiro atoms. The lowest BCUT2D eigenvalue weighted by molar-refractivity contribution is -0.140. The monoisotopic (exact) mass is 317 g/mol. The summed E-state index contributed by atoms with van der Waals surface area (Å²) in [6, 6.07) is 5.81. The van der Waals surface area contributed by atoms with Crippen LogP contribution in [0.3, 0.4) is 0 Å². The van der Waals surface area contributed by atoms with E-state index in [0.29, 0.717) is 25.3 Å². The number of nitrogens with one attached hydrogen (secondary N) is 1. The van der Waals surface area contributed by atoms with Crippen molar-refractivity contribution in [3.05, 3.63) is 28.8 Å². The third-order valence-electron chi connectivity index (χ3n) is 2.65. The molecule has 0 bridgehead atoms. The highest BCUT2D eigenvalue weighted by molar-refractivity contribution is 7.99.